The molecule has 1 amide bonds. The summed E-state index contributed by atoms with van der Waals surface area (Å²) in [7, 11) is -3.06. The van der Waals surface area contributed by atoms with E-state index in [9.17, 15) is 13.2 Å². The van der Waals surface area contributed by atoms with E-state index >= 15 is 0 Å². The van der Waals surface area contributed by atoms with Crippen LogP contribution in [0, 0.1) is 5.92 Å². The van der Waals surface area contributed by atoms with E-state index in [-0.39, 0.29) is 29.8 Å². The summed E-state index contributed by atoms with van der Waals surface area (Å²) >= 11 is 0. The topological polar surface area (TPSA) is 122 Å². The average molecular weight is 235 g/mol. The highest BCUT2D eigenvalue weighted by Crippen LogP contribution is 2.18. The predicted molar refractivity (Wildman–Crippen MR) is 53.2 cm³/mol. The van der Waals surface area contributed by atoms with E-state index in [1.807, 2.05) is 0 Å². The summed E-state index contributed by atoms with van der Waals surface area (Å²) in [5.74, 6) is -1.07. The molecule has 0 radical (unpaired) electrons. The first-order chi connectivity index (χ1) is 6.94. The lowest BCUT2D eigenvalue weighted by atomic mass is 10.1. The van der Waals surface area contributed by atoms with Crippen LogP contribution in [0.3, 0.4) is 0 Å². The summed E-state index contributed by atoms with van der Waals surface area (Å²) < 4.78 is 22.1. The molecule has 0 aromatic heterocycles. The maximum atomic E-state index is 11.4. The van der Waals surface area contributed by atoms with Gasteiger partial charge in [0.05, 0.1) is 24.0 Å². The van der Waals surface area contributed by atoms with Gasteiger partial charge in [-0.2, -0.15) is 0 Å². The molecule has 0 aromatic rings. The van der Waals surface area contributed by atoms with Crippen molar-refractivity contribution in [1.82, 2.24) is 5.32 Å². The maximum absolute atomic E-state index is 11.4. The Balaban J connectivity index is 2.43. The number of hydrogen-bond acceptors (Lipinski definition) is 5. The molecule has 86 valence electrons. The number of amides is 1. The molecular formula is C7H13N3O4S. The molecule has 8 heteroatoms. The molecule has 1 heterocycles. The largest absolute Gasteiger partial charge is 0.409 e. The predicted octanol–water partition coefficient (Wildman–Crippen LogP) is -1.72. The highest BCUT2D eigenvalue weighted by atomic mass is 32.2. The molecule has 15 heavy (non-hydrogen) atoms. The van der Waals surface area contributed by atoms with Crippen LogP contribution in [0.25, 0.3) is 0 Å². The number of nitrogens with one attached hydrogen (secondary N) is 1. The molecule has 0 aromatic carbocycles. The van der Waals surface area contributed by atoms with Gasteiger partial charge < -0.3 is 16.3 Å². The zero-order valence-corrected chi connectivity index (χ0v) is 8.83. The monoisotopic (exact) mass is 235 g/mol. The van der Waals surface area contributed by atoms with Gasteiger partial charge in [0.2, 0.25) is 5.91 Å². The Labute approximate surface area is 87.2 Å². The number of hydrogen-bond donors (Lipinski definition) is 3. The first-order valence-electron chi connectivity index (χ1n) is 4.39. The third-order valence-electron chi connectivity index (χ3n) is 2.18. The van der Waals surface area contributed by atoms with Crippen molar-refractivity contribution in [3.8, 4) is 0 Å². The molecular weight excluding hydrogens is 222 g/mol. The van der Waals surface area contributed by atoms with E-state index in [1.54, 1.807) is 0 Å². The van der Waals surface area contributed by atoms with E-state index in [2.05, 4.69) is 10.5 Å². The van der Waals surface area contributed by atoms with Gasteiger partial charge in [-0.15, -0.1) is 0 Å². The number of amidine groups is 1. The number of carbonyl (C=O) groups is 1. The summed E-state index contributed by atoms with van der Waals surface area (Å²) in [5.41, 5.74) is 5.14. The van der Waals surface area contributed by atoms with E-state index in [0.717, 1.165) is 0 Å². The fourth-order valence-electron chi connectivity index (χ4n) is 1.36. The van der Waals surface area contributed by atoms with Gasteiger partial charge in [0.1, 0.15) is 0 Å². The van der Waals surface area contributed by atoms with Gasteiger partial charge >= 0.3 is 0 Å². The van der Waals surface area contributed by atoms with Gasteiger partial charge in [0, 0.05) is 0 Å². The lowest BCUT2D eigenvalue weighted by Crippen LogP contribution is -2.37. The van der Waals surface area contributed by atoms with Crippen molar-refractivity contribution in [2.45, 2.75) is 6.42 Å². The maximum Gasteiger partial charge on any atom is 0.224 e. The number of carbonyl (C=O) groups excluding carboxylic acids is 1. The van der Waals surface area contributed by atoms with Crippen molar-refractivity contribution in [1.29, 1.82) is 0 Å². The van der Waals surface area contributed by atoms with Gasteiger partial charge in [-0.05, 0) is 6.42 Å². The first-order valence-corrected chi connectivity index (χ1v) is 6.21. The van der Waals surface area contributed by atoms with Crippen molar-refractivity contribution in [3.63, 3.8) is 0 Å². The van der Waals surface area contributed by atoms with E-state index < -0.39 is 15.8 Å². The zero-order chi connectivity index (χ0) is 11.5. The lowest BCUT2D eigenvalue weighted by Gasteiger charge is -2.07. The van der Waals surface area contributed by atoms with Crippen molar-refractivity contribution in [2.24, 2.45) is 16.8 Å². The van der Waals surface area contributed by atoms with Crippen LogP contribution in [0.2, 0.25) is 0 Å². The number of oxime groups is 1. The summed E-state index contributed by atoms with van der Waals surface area (Å²) in [4.78, 5) is 11.4. The second-order valence-electron chi connectivity index (χ2n) is 3.41. The van der Waals surface area contributed by atoms with Crippen molar-refractivity contribution >= 4 is 21.6 Å². The molecule has 1 saturated heterocycles. The van der Waals surface area contributed by atoms with Gasteiger partial charge in [-0.25, -0.2) is 8.42 Å². The Hall–Kier alpha value is -1.31. The van der Waals surface area contributed by atoms with Crippen LogP contribution >= 0.6 is 0 Å². The molecule has 1 unspecified atom stereocenters. The number of sulfone groups is 1. The average Bonchev–Trinajstić information content (AvgIpc) is 2.54. The minimum atomic E-state index is -3.06. The molecule has 0 aliphatic carbocycles. The quantitative estimate of drug-likeness (QED) is 0.232. The van der Waals surface area contributed by atoms with Crippen LogP contribution in [0.15, 0.2) is 5.16 Å². The summed E-state index contributed by atoms with van der Waals surface area (Å²) in [5, 5.41) is 13.3. The van der Waals surface area contributed by atoms with Crippen LogP contribution < -0.4 is 11.1 Å². The fourth-order valence-corrected chi connectivity index (χ4v) is 3.10. The molecule has 0 spiro atoms. The molecule has 1 rings (SSSR count). The molecule has 4 N–H and O–H groups in total. The third-order valence-corrected chi connectivity index (χ3v) is 3.94. The molecule has 0 bridgehead atoms. The normalized spacial score (nSPS) is 25.1. The second-order valence-corrected chi connectivity index (χ2v) is 5.64. The van der Waals surface area contributed by atoms with Crippen molar-refractivity contribution < 1.29 is 18.4 Å². The third kappa shape index (κ3) is 3.39. The van der Waals surface area contributed by atoms with Crippen molar-refractivity contribution in [3.05, 3.63) is 0 Å². The van der Waals surface area contributed by atoms with E-state index in [0.29, 0.717) is 6.42 Å². The Bertz CT molecular complexity index is 376. The Morgan fingerprint density at radius 1 is 1.60 bits per heavy atom. The number of nitrogens with zero attached hydrogens (tertiary/aromatic N) is 1. The molecule has 1 aliphatic heterocycles. The van der Waals surface area contributed by atoms with E-state index in [1.165, 1.54) is 0 Å². The van der Waals surface area contributed by atoms with Gasteiger partial charge in [0.25, 0.3) is 0 Å². The van der Waals surface area contributed by atoms with Crippen LogP contribution in [0.5, 0.6) is 0 Å². The molecule has 0 saturated carbocycles. The minimum Gasteiger partial charge on any atom is -0.409 e. The second kappa shape index (κ2) is 4.47. The highest BCUT2D eigenvalue weighted by Gasteiger charge is 2.32. The van der Waals surface area contributed by atoms with Crippen LogP contribution in [-0.4, -0.2) is 43.4 Å². The summed E-state index contributed by atoms with van der Waals surface area (Å²) in [6.45, 7) is -0.0775. The minimum absolute atomic E-state index is 0.0503. The van der Waals surface area contributed by atoms with Gasteiger partial charge in [-0.1, -0.05) is 5.16 Å². The Morgan fingerprint density at radius 3 is 2.73 bits per heavy atom. The fraction of sp³-hybridized carbons (Fsp3) is 0.714. The van der Waals surface area contributed by atoms with Crippen LogP contribution in [-0.2, 0) is 14.6 Å². The molecule has 1 aliphatic rings. The summed E-state index contributed by atoms with van der Waals surface area (Å²) in [6.07, 6.45) is 0.338. The molecule has 1 atom stereocenters. The molecule has 7 nitrogen and oxygen atoms in total. The summed E-state index contributed by atoms with van der Waals surface area (Å²) in [6, 6.07) is 0. The number of rotatable bonds is 3. The first kappa shape index (κ1) is 11.8. The highest BCUT2D eigenvalue weighted by molar-refractivity contribution is 7.91. The van der Waals surface area contributed by atoms with E-state index in [4.69, 9.17) is 10.9 Å². The Morgan fingerprint density at radius 2 is 2.27 bits per heavy atom. The van der Waals surface area contributed by atoms with Gasteiger partial charge in [0.15, 0.2) is 15.7 Å². The number of nitrogens with two attached hydrogens (primary N) is 1. The smallest absolute Gasteiger partial charge is 0.224 e. The SMILES string of the molecule is NC(CNC(=O)C1CCS(=O)(=O)C1)=NO. The standard InChI is InChI=1S/C7H13N3O4S/c8-6(10-12)3-9-7(11)5-1-2-15(13,14)4-5/h5,12H,1-4H2,(H2,8,10)(H,9,11). The lowest BCUT2D eigenvalue weighted by molar-refractivity contribution is -0.123. The van der Waals surface area contributed by atoms with Gasteiger partial charge in [-0.3, -0.25) is 4.79 Å². The Kier molecular flexibility index (Phi) is 3.51. The molecule has 1 fully saturated rings. The van der Waals surface area contributed by atoms with Crippen molar-refractivity contribution in [2.75, 3.05) is 18.1 Å². The zero-order valence-electron chi connectivity index (χ0n) is 8.01. The van der Waals surface area contributed by atoms with Crippen LogP contribution in [0.1, 0.15) is 6.42 Å². The van der Waals surface area contributed by atoms with Crippen LogP contribution in [0.4, 0.5) is 0 Å².